The van der Waals surface area contributed by atoms with Crippen LogP contribution in [0.25, 0.3) is 10.1 Å². The average molecular weight is 288 g/mol. The van der Waals surface area contributed by atoms with Crippen LogP contribution in [0.15, 0.2) is 18.2 Å². The Labute approximate surface area is 123 Å². The number of hydrogen-bond donors (Lipinski definition) is 1. The number of likely N-dealkylation sites (tertiary alicyclic amines) is 1. The maximum Gasteiger partial charge on any atom is 0.266 e. The van der Waals surface area contributed by atoms with Crippen molar-refractivity contribution < 1.29 is 4.79 Å². The lowest BCUT2D eigenvalue weighted by Gasteiger charge is -2.23. The molecule has 1 aliphatic rings. The number of amides is 1. The Morgan fingerprint density at radius 1 is 1.50 bits per heavy atom. The van der Waals surface area contributed by atoms with Crippen LogP contribution in [0.1, 0.15) is 41.4 Å². The molecule has 1 amide bonds. The molecule has 1 fully saturated rings. The van der Waals surface area contributed by atoms with E-state index in [-0.39, 0.29) is 5.91 Å². The van der Waals surface area contributed by atoms with Crippen LogP contribution in [0.4, 0.5) is 5.69 Å². The number of nitrogens with two attached hydrogens (primary N) is 1. The molecule has 1 aromatic heterocycles. The number of anilines is 1. The molecule has 106 valence electrons. The van der Waals surface area contributed by atoms with Crippen molar-refractivity contribution in [2.75, 3.05) is 12.3 Å². The Morgan fingerprint density at radius 3 is 3.05 bits per heavy atom. The second-order valence-corrected chi connectivity index (χ2v) is 6.60. The van der Waals surface area contributed by atoms with E-state index in [1.54, 1.807) is 0 Å². The molecule has 1 unspecified atom stereocenters. The highest BCUT2D eigenvalue weighted by molar-refractivity contribution is 7.21. The lowest BCUT2D eigenvalue weighted by Crippen LogP contribution is -2.34. The minimum atomic E-state index is 0.116. The predicted molar refractivity (Wildman–Crippen MR) is 85.3 cm³/mol. The van der Waals surface area contributed by atoms with Gasteiger partial charge in [-0.1, -0.05) is 19.1 Å². The van der Waals surface area contributed by atoms with E-state index in [9.17, 15) is 4.79 Å². The van der Waals surface area contributed by atoms with Gasteiger partial charge in [0.05, 0.1) is 5.69 Å². The quantitative estimate of drug-likeness (QED) is 0.913. The normalized spacial score (nSPS) is 18.9. The molecule has 0 saturated carbocycles. The van der Waals surface area contributed by atoms with E-state index in [1.807, 2.05) is 17.0 Å². The molecule has 0 spiro atoms. The Kier molecular flexibility index (Phi) is 3.42. The van der Waals surface area contributed by atoms with Crippen LogP contribution in [0.5, 0.6) is 0 Å². The van der Waals surface area contributed by atoms with Crippen molar-refractivity contribution in [1.29, 1.82) is 0 Å². The zero-order valence-corrected chi connectivity index (χ0v) is 12.8. The van der Waals surface area contributed by atoms with E-state index in [1.165, 1.54) is 16.9 Å². The summed E-state index contributed by atoms with van der Waals surface area (Å²) in [4.78, 5) is 15.5. The first-order chi connectivity index (χ1) is 9.61. The third-order valence-electron chi connectivity index (χ3n) is 4.19. The minimum Gasteiger partial charge on any atom is -0.397 e. The number of nitrogen functional groups attached to an aromatic ring is 1. The molecule has 0 bridgehead atoms. The van der Waals surface area contributed by atoms with Gasteiger partial charge in [0.2, 0.25) is 0 Å². The first-order valence-electron chi connectivity index (χ1n) is 7.21. The summed E-state index contributed by atoms with van der Waals surface area (Å²) in [5.74, 6) is 0.116. The van der Waals surface area contributed by atoms with E-state index in [0.717, 1.165) is 35.9 Å². The zero-order chi connectivity index (χ0) is 14.3. The highest BCUT2D eigenvalue weighted by Gasteiger charge is 2.30. The fourth-order valence-electron chi connectivity index (χ4n) is 3.04. The minimum absolute atomic E-state index is 0.116. The van der Waals surface area contributed by atoms with Crippen LogP contribution in [0, 0.1) is 6.92 Å². The number of benzene rings is 1. The van der Waals surface area contributed by atoms with Crippen molar-refractivity contribution in [3.8, 4) is 0 Å². The standard InChI is InChI=1S/C16H20N2OS/c1-3-11-5-4-8-18(11)16(19)15-14(17)12-7-6-10(2)9-13(12)20-15/h6-7,9,11H,3-5,8,17H2,1-2H3. The van der Waals surface area contributed by atoms with Gasteiger partial charge in [-0.25, -0.2) is 0 Å². The van der Waals surface area contributed by atoms with Gasteiger partial charge in [-0.3, -0.25) is 4.79 Å². The van der Waals surface area contributed by atoms with Crippen LogP contribution in [0.2, 0.25) is 0 Å². The molecule has 0 radical (unpaired) electrons. The molecule has 2 N–H and O–H groups in total. The van der Waals surface area contributed by atoms with Crippen LogP contribution in [0.3, 0.4) is 0 Å². The summed E-state index contributed by atoms with van der Waals surface area (Å²) in [5, 5.41) is 1.01. The maximum atomic E-state index is 12.7. The second kappa shape index (κ2) is 5.09. The van der Waals surface area contributed by atoms with Crippen molar-refractivity contribution in [3.63, 3.8) is 0 Å². The van der Waals surface area contributed by atoms with Crippen molar-refractivity contribution in [2.45, 2.75) is 39.2 Å². The summed E-state index contributed by atoms with van der Waals surface area (Å²) in [5.41, 5.74) is 8.06. The molecule has 4 heteroatoms. The van der Waals surface area contributed by atoms with Gasteiger partial charge in [0.15, 0.2) is 0 Å². The fraction of sp³-hybridized carbons (Fsp3) is 0.438. The lowest BCUT2D eigenvalue weighted by molar-refractivity contribution is 0.0739. The van der Waals surface area contributed by atoms with Crippen LogP contribution in [-0.4, -0.2) is 23.4 Å². The van der Waals surface area contributed by atoms with E-state index < -0.39 is 0 Å². The number of carbonyl (C=O) groups excluding carboxylic acids is 1. The van der Waals surface area contributed by atoms with E-state index in [4.69, 9.17) is 5.73 Å². The monoisotopic (exact) mass is 288 g/mol. The molecule has 1 atom stereocenters. The molecule has 1 aliphatic heterocycles. The first kappa shape index (κ1) is 13.4. The zero-order valence-electron chi connectivity index (χ0n) is 12.0. The third kappa shape index (κ3) is 2.08. The fourth-order valence-corrected chi connectivity index (χ4v) is 4.22. The molecule has 1 saturated heterocycles. The third-order valence-corrected chi connectivity index (χ3v) is 5.34. The van der Waals surface area contributed by atoms with Crippen LogP contribution < -0.4 is 5.73 Å². The predicted octanol–water partition coefficient (Wildman–Crippen LogP) is 3.81. The molecule has 3 rings (SSSR count). The summed E-state index contributed by atoms with van der Waals surface area (Å²) < 4.78 is 1.11. The van der Waals surface area contributed by atoms with E-state index >= 15 is 0 Å². The number of carbonyl (C=O) groups is 1. The van der Waals surface area contributed by atoms with E-state index in [2.05, 4.69) is 19.9 Å². The van der Waals surface area contributed by atoms with Gasteiger partial charge in [-0.05, 0) is 37.8 Å². The molecular weight excluding hydrogens is 268 g/mol. The number of thiophene rings is 1. The Hall–Kier alpha value is -1.55. The average Bonchev–Trinajstić information content (AvgIpc) is 3.02. The topological polar surface area (TPSA) is 46.3 Å². The molecule has 20 heavy (non-hydrogen) atoms. The highest BCUT2D eigenvalue weighted by atomic mass is 32.1. The van der Waals surface area contributed by atoms with Gasteiger partial charge in [-0.2, -0.15) is 0 Å². The van der Waals surface area contributed by atoms with Crippen molar-refractivity contribution in [2.24, 2.45) is 0 Å². The number of fused-ring (bicyclic) bond motifs is 1. The molecular formula is C16H20N2OS. The molecule has 0 aliphatic carbocycles. The molecule has 2 heterocycles. The van der Waals surface area contributed by atoms with Crippen molar-refractivity contribution in [1.82, 2.24) is 4.90 Å². The molecule has 2 aromatic rings. The SMILES string of the molecule is CCC1CCCN1C(=O)c1sc2cc(C)ccc2c1N. The van der Waals surface area contributed by atoms with Crippen molar-refractivity contribution >= 4 is 33.0 Å². The number of hydrogen-bond acceptors (Lipinski definition) is 3. The van der Waals surface area contributed by atoms with Gasteiger partial charge < -0.3 is 10.6 Å². The molecule has 1 aromatic carbocycles. The highest BCUT2D eigenvalue weighted by Crippen LogP contribution is 2.36. The number of nitrogens with zero attached hydrogens (tertiary/aromatic N) is 1. The van der Waals surface area contributed by atoms with Gasteiger partial charge >= 0.3 is 0 Å². The van der Waals surface area contributed by atoms with Gasteiger partial charge in [0.1, 0.15) is 4.88 Å². The van der Waals surface area contributed by atoms with Crippen LogP contribution >= 0.6 is 11.3 Å². The Bertz CT molecular complexity index is 662. The van der Waals surface area contributed by atoms with Crippen LogP contribution in [-0.2, 0) is 0 Å². The Morgan fingerprint density at radius 2 is 2.30 bits per heavy atom. The summed E-state index contributed by atoms with van der Waals surface area (Å²) in [6.07, 6.45) is 3.25. The first-order valence-corrected chi connectivity index (χ1v) is 8.03. The smallest absolute Gasteiger partial charge is 0.266 e. The van der Waals surface area contributed by atoms with Gasteiger partial charge in [0.25, 0.3) is 5.91 Å². The summed E-state index contributed by atoms with van der Waals surface area (Å²) in [6.45, 7) is 5.07. The summed E-state index contributed by atoms with van der Waals surface area (Å²) in [7, 11) is 0. The largest absolute Gasteiger partial charge is 0.397 e. The number of rotatable bonds is 2. The molecule has 3 nitrogen and oxygen atoms in total. The number of aryl methyl sites for hydroxylation is 1. The second-order valence-electron chi connectivity index (χ2n) is 5.55. The van der Waals surface area contributed by atoms with E-state index in [0.29, 0.717) is 16.6 Å². The Balaban J connectivity index is 2.01. The maximum absolute atomic E-state index is 12.7. The lowest BCUT2D eigenvalue weighted by atomic mass is 10.1. The summed E-state index contributed by atoms with van der Waals surface area (Å²) in [6, 6.07) is 6.56. The van der Waals surface area contributed by atoms with Crippen molar-refractivity contribution in [3.05, 3.63) is 28.6 Å². The van der Waals surface area contributed by atoms with Gasteiger partial charge in [-0.15, -0.1) is 11.3 Å². The van der Waals surface area contributed by atoms with Gasteiger partial charge in [0, 0.05) is 22.7 Å². The summed E-state index contributed by atoms with van der Waals surface area (Å²) >= 11 is 1.53.